The molecule has 0 radical (unpaired) electrons. The van der Waals surface area contributed by atoms with E-state index < -0.39 is 11.1 Å². The molecule has 0 bridgehead atoms. The number of nitrogens with one attached hydrogen (secondary N) is 2. The van der Waals surface area contributed by atoms with Gasteiger partial charge in [0.25, 0.3) is 5.56 Å². The van der Waals surface area contributed by atoms with E-state index in [1.165, 1.54) is 23.9 Å². The Balaban J connectivity index is 2.18. The van der Waals surface area contributed by atoms with Crippen LogP contribution in [0.4, 0.5) is 10.2 Å². The van der Waals surface area contributed by atoms with Gasteiger partial charge in [-0.1, -0.05) is 17.7 Å². The van der Waals surface area contributed by atoms with Gasteiger partial charge in [0.2, 0.25) is 5.91 Å². The molecule has 3 rings (SSSR count). The molecule has 1 aromatic carbocycles. The molecule has 0 spiro atoms. The number of aromatic nitrogens is 2. The minimum absolute atomic E-state index is 0.00657. The zero-order valence-electron chi connectivity index (χ0n) is 12.5. The first-order chi connectivity index (χ1) is 10.9. The number of halogens is 2. The number of H-pyrrole nitrogens is 1. The van der Waals surface area contributed by atoms with Crippen molar-refractivity contribution in [3.8, 4) is 0 Å². The Bertz CT molecular complexity index is 831. The van der Waals surface area contributed by atoms with Gasteiger partial charge in [-0.25, -0.2) is 4.39 Å². The lowest BCUT2D eigenvalue weighted by Crippen LogP contribution is -2.17. The number of anilines is 1. The Hall–Kier alpha value is -1.73. The molecule has 0 aliphatic carbocycles. The molecule has 0 fully saturated rings. The van der Waals surface area contributed by atoms with E-state index in [1.807, 2.05) is 13.8 Å². The van der Waals surface area contributed by atoms with E-state index in [9.17, 15) is 14.0 Å². The van der Waals surface area contributed by atoms with Crippen LogP contribution >= 0.6 is 23.4 Å². The van der Waals surface area contributed by atoms with Gasteiger partial charge in [-0.15, -0.1) is 11.8 Å². The SMILES string of the molecule is CC(C)n1[nH]c(=O)c2c1NC(=O)CS[C@@H]2c1ccc(F)c(Cl)c1. The van der Waals surface area contributed by atoms with Crippen LogP contribution in [-0.4, -0.2) is 21.4 Å². The molecule has 1 amide bonds. The first-order valence-corrected chi connectivity index (χ1v) is 8.52. The highest BCUT2D eigenvalue weighted by Gasteiger charge is 2.31. The molecule has 23 heavy (non-hydrogen) atoms. The number of aromatic amines is 1. The number of amides is 1. The van der Waals surface area contributed by atoms with Crippen LogP contribution in [0.2, 0.25) is 5.02 Å². The van der Waals surface area contributed by atoms with Crippen LogP contribution in [0.5, 0.6) is 0 Å². The van der Waals surface area contributed by atoms with Crippen LogP contribution in [0.25, 0.3) is 0 Å². The van der Waals surface area contributed by atoms with E-state index >= 15 is 0 Å². The molecule has 2 aromatic rings. The van der Waals surface area contributed by atoms with Gasteiger partial charge in [-0.2, -0.15) is 0 Å². The number of carbonyl (C=O) groups excluding carboxylic acids is 1. The molecule has 1 aliphatic rings. The van der Waals surface area contributed by atoms with Gasteiger partial charge in [0, 0.05) is 6.04 Å². The second-order valence-corrected chi connectivity index (χ2v) is 7.08. The van der Waals surface area contributed by atoms with Crippen molar-refractivity contribution in [2.45, 2.75) is 25.1 Å². The van der Waals surface area contributed by atoms with Crippen LogP contribution in [0.1, 0.15) is 36.3 Å². The first kappa shape index (κ1) is 16.1. The van der Waals surface area contributed by atoms with Gasteiger partial charge in [0.05, 0.1) is 21.6 Å². The fourth-order valence-electron chi connectivity index (χ4n) is 2.57. The second-order valence-electron chi connectivity index (χ2n) is 5.58. The molecule has 1 aliphatic heterocycles. The zero-order chi connectivity index (χ0) is 16.7. The van der Waals surface area contributed by atoms with Crippen LogP contribution in [0.3, 0.4) is 0 Å². The van der Waals surface area contributed by atoms with Crippen LogP contribution in [0, 0.1) is 5.82 Å². The minimum atomic E-state index is -0.517. The smallest absolute Gasteiger partial charge is 0.270 e. The van der Waals surface area contributed by atoms with E-state index in [0.717, 1.165) is 0 Å². The van der Waals surface area contributed by atoms with E-state index in [2.05, 4.69) is 10.4 Å². The van der Waals surface area contributed by atoms with Crippen LogP contribution in [-0.2, 0) is 4.79 Å². The van der Waals surface area contributed by atoms with Crippen molar-refractivity contribution >= 4 is 35.1 Å². The Morgan fingerprint density at radius 2 is 2.13 bits per heavy atom. The summed E-state index contributed by atoms with van der Waals surface area (Å²) in [5.41, 5.74) is 0.872. The Kier molecular flexibility index (Phi) is 4.25. The summed E-state index contributed by atoms with van der Waals surface area (Å²) < 4.78 is 15.1. The topological polar surface area (TPSA) is 66.9 Å². The molecule has 1 aromatic heterocycles. The summed E-state index contributed by atoms with van der Waals surface area (Å²) >= 11 is 7.18. The standard InChI is InChI=1S/C15H15ClFN3O2S/c1-7(2)20-14-12(15(22)19-20)13(23-6-11(21)18-14)8-3-4-10(17)9(16)5-8/h3-5,7,13H,6H2,1-2H3,(H,18,21)(H,19,22)/t13-/m1/s1. The average molecular weight is 356 g/mol. The summed E-state index contributed by atoms with van der Waals surface area (Å²) in [6.07, 6.45) is 0. The average Bonchev–Trinajstić information content (AvgIpc) is 2.70. The van der Waals surface area contributed by atoms with Crippen LogP contribution in [0.15, 0.2) is 23.0 Å². The fourth-order valence-corrected chi connectivity index (χ4v) is 3.87. The maximum atomic E-state index is 13.4. The van der Waals surface area contributed by atoms with Gasteiger partial charge in [0.1, 0.15) is 11.6 Å². The van der Waals surface area contributed by atoms with E-state index in [0.29, 0.717) is 16.9 Å². The molecule has 122 valence electrons. The summed E-state index contributed by atoms with van der Waals surface area (Å²) in [7, 11) is 0. The summed E-state index contributed by atoms with van der Waals surface area (Å²) in [4.78, 5) is 24.4. The Labute approximate surface area is 141 Å². The number of thioether (sulfide) groups is 1. The molecule has 0 saturated carbocycles. The maximum Gasteiger partial charge on any atom is 0.270 e. The molecule has 5 nitrogen and oxygen atoms in total. The highest BCUT2D eigenvalue weighted by molar-refractivity contribution is 8.00. The third-order valence-electron chi connectivity index (χ3n) is 3.63. The lowest BCUT2D eigenvalue weighted by atomic mass is 10.1. The normalized spacial score (nSPS) is 17.8. The molecular formula is C15H15ClFN3O2S. The monoisotopic (exact) mass is 355 g/mol. The summed E-state index contributed by atoms with van der Waals surface area (Å²) in [5, 5.41) is 5.13. The maximum absolute atomic E-state index is 13.4. The molecule has 2 heterocycles. The minimum Gasteiger partial charge on any atom is -0.310 e. The largest absolute Gasteiger partial charge is 0.310 e. The van der Waals surface area contributed by atoms with E-state index in [4.69, 9.17) is 11.6 Å². The quantitative estimate of drug-likeness (QED) is 0.868. The van der Waals surface area contributed by atoms with Gasteiger partial charge < -0.3 is 5.32 Å². The van der Waals surface area contributed by atoms with Gasteiger partial charge >= 0.3 is 0 Å². The fraction of sp³-hybridized carbons (Fsp3) is 0.333. The number of rotatable bonds is 2. The third kappa shape index (κ3) is 2.90. The van der Waals surface area contributed by atoms with E-state index in [1.54, 1.807) is 10.7 Å². The van der Waals surface area contributed by atoms with Crippen molar-refractivity contribution in [3.05, 3.63) is 50.5 Å². The van der Waals surface area contributed by atoms with Gasteiger partial charge in [0.15, 0.2) is 0 Å². The zero-order valence-corrected chi connectivity index (χ0v) is 14.1. The first-order valence-electron chi connectivity index (χ1n) is 7.09. The molecule has 1 atom stereocenters. The second kappa shape index (κ2) is 6.05. The lowest BCUT2D eigenvalue weighted by Gasteiger charge is -2.15. The van der Waals surface area contributed by atoms with Crippen molar-refractivity contribution in [1.29, 1.82) is 0 Å². The molecule has 0 saturated heterocycles. The number of benzene rings is 1. The molecule has 0 unspecified atom stereocenters. The van der Waals surface area contributed by atoms with Gasteiger partial charge in [-0.3, -0.25) is 19.4 Å². The molecular weight excluding hydrogens is 341 g/mol. The summed E-state index contributed by atoms with van der Waals surface area (Å²) in [6.45, 7) is 3.81. The van der Waals surface area contributed by atoms with Crippen molar-refractivity contribution < 1.29 is 9.18 Å². The summed E-state index contributed by atoms with van der Waals surface area (Å²) in [6, 6.07) is 4.34. The highest BCUT2D eigenvalue weighted by Crippen LogP contribution is 2.41. The van der Waals surface area contributed by atoms with Crippen LogP contribution < -0.4 is 10.9 Å². The van der Waals surface area contributed by atoms with E-state index in [-0.39, 0.29) is 28.3 Å². The lowest BCUT2D eigenvalue weighted by molar-refractivity contribution is -0.113. The highest BCUT2D eigenvalue weighted by atomic mass is 35.5. The van der Waals surface area contributed by atoms with Crippen molar-refractivity contribution in [2.75, 3.05) is 11.1 Å². The number of carbonyl (C=O) groups is 1. The predicted molar refractivity (Wildman–Crippen MR) is 89.8 cm³/mol. The summed E-state index contributed by atoms with van der Waals surface area (Å²) in [5.74, 6) is -0.0331. The Morgan fingerprint density at radius 3 is 2.78 bits per heavy atom. The van der Waals surface area contributed by atoms with Crippen molar-refractivity contribution in [3.63, 3.8) is 0 Å². The number of fused-ring (bicyclic) bond motifs is 1. The third-order valence-corrected chi connectivity index (χ3v) is 5.19. The van der Waals surface area contributed by atoms with Gasteiger partial charge in [-0.05, 0) is 31.5 Å². The number of hydrogen-bond acceptors (Lipinski definition) is 3. The predicted octanol–water partition coefficient (Wildman–Crippen LogP) is 3.32. The molecule has 8 heteroatoms. The van der Waals surface area contributed by atoms with Crippen molar-refractivity contribution in [1.82, 2.24) is 9.78 Å². The number of hydrogen-bond donors (Lipinski definition) is 2. The number of nitrogens with zero attached hydrogens (tertiary/aromatic N) is 1. The molecule has 2 N–H and O–H groups in total. The Morgan fingerprint density at radius 1 is 1.39 bits per heavy atom. The van der Waals surface area contributed by atoms with Crippen molar-refractivity contribution in [2.24, 2.45) is 0 Å².